The molecular formula is C20H16IrN3O-. The maximum absolute atomic E-state index is 5.89. The van der Waals surface area contributed by atoms with Crippen molar-refractivity contribution in [2.24, 2.45) is 7.05 Å². The molecule has 0 unspecified atom stereocenters. The van der Waals surface area contributed by atoms with Crippen molar-refractivity contribution < 1.29 is 24.5 Å². The van der Waals surface area contributed by atoms with Crippen LogP contribution in [0, 0.1) is 13.1 Å². The van der Waals surface area contributed by atoms with E-state index in [9.17, 15) is 0 Å². The molecule has 2 aromatic heterocycles. The molecule has 0 fully saturated rings. The monoisotopic (exact) mass is 507 g/mol. The molecule has 0 amide bonds. The first-order valence-corrected chi connectivity index (χ1v) is 7.74. The van der Waals surface area contributed by atoms with Gasteiger partial charge in [0.1, 0.15) is 5.89 Å². The van der Waals surface area contributed by atoms with Crippen molar-refractivity contribution in [3.8, 4) is 34.2 Å². The van der Waals surface area contributed by atoms with Crippen molar-refractivity contribution in [2.75, 3.05) is 0 Å². The Morgan fingerprint density at radius 2 is 1.76 bits per heavy atom. The molecule has 4 aromatic rings. The molecule has 0 N–H and O–H groups in total. The van der Waals surface area contributed by atoms with Crippen LogP contribution in [-0.4, -0.2) is 14.5 Å². The van der Waals surface area contributed by atoms with Gasteiger partial charge in [-0.1, -0.05) is 54.1 Å². The number of hydrogen-bond donors (Lipinski definition) is 0. The third-order valence-corrected chi connectivity index (χ3v) is 3.91. The fourth-order valence-corrected chi connectivity index (χ4v) is 2.75. The molecule has 0 bridgehead atoms. The predicted molar refractivity (Wildman–Crippen MR) is 93.2 cm³/mol. The summed E-state index contributed by atoms with van der Waals surface area (Å²) >= 11 is 0. The van der Waals surface area contributed by atoms with E-state index in [1.165, 1.54) is 5.56 Å². The van der Waals surface area contributed by atoms with E-state index in [1.54, 1.807) is 6.20 Å². The molecule has 0 aliphatic rings. The molecule has 0 saturated heterocycles. The van der Waals surface area contributed by atoms with Crippen molar-refractivity contribution in [2.45, 2.75) is 6.92 Å². The second kappa shape index (κ2) is 7.18. The van der Waals surface area contributed by atoms with Gasteiger partial charge in [-0.25, -0.2) is 0 Å². The summed E-state index contributed by atoms with van der Waals surface area (Å²) in [6.07, 6.45) is 6.52. The Hall–Kier alpha value is -2.49. The molecule has 4 rings (SSSR count). The van der Waals surface area contributed by atoms with Gasteiger partial charge in [0, 0.05) is 39.5 Å². The molecule has 5 heteroatoms. The van der Waals surface area contributed by atoms with Gasteiger partial charge in [0.25, 0.3) is 0 Å². The van der Waals surface area contributed by atoms with E-state index in [2.05, 4.69) is 53.4 Å². The number of imidazole rings is 1. The Morgan fingerprint density at radius 1 is 1.00 bits per heavy atom. The van der Waals surface area contributed by atoms with Crippen molar-refractivity contribution in [3.05, 3.63) is 72.7 Å². The van der Waals surface area contributed by atoms with Crippen molar-refractivity contribution >= 4 is 0 Å². The smallest absolute Gasteiger partial charge is 0.120 e. The number of benzene rings is 2. The first-order valence-electron chi connectivity index (χ1n) is 7.74. The minimum atomic E-state index is 0. The van der Waals surface area contributed by atoms with Crippen molar-refractivity contribution in [1.29, 1.82) is 0 Å². The van der Waals surface area contributed by atoms with Gasteiger partial charge in [-0.2, -0.15) is 0 Å². The van der Waals surface area contributed by atoms with Crippen LogP contribution in [0.2, 0.25) is 0 Å². The third kappa shape index (κ3) is 3.48. The largest absolute Gasteiger partial charge is 0.516 e. The fraction of sp³-hybridized carbons (Fsp3) is 0.100. The fourth-order valence-electron chi connectivity index (χ4n) is 2.75. The van der Waals surface area contributed by atoms with Crippen molar-refractivity contribution in [1.82, 2.24) is 14.5 Å². The number of rotatable bonds is 3. The second-order valence-electron chi connectivity index (χ2n) is 5.78. The molecule has 0 aliphatic heterocycles. The Kier molecular flexibility index (Phi) is 4.98. The molecule has 0 spiro atoms. The number of aromatic nitrogens is 3. The molecule has 127 valence electrons. The van der Waals surface area contributed by atoms with Crippen LogP contribution in [0.15, 0.2) is 65.3 Å². The van der Waals surface area contributed by atoms with E-state index < -0.39 is 0 Å². The van der Waals surface area contributed by atoms with Crippen LogP contribution < -0.4 is 0 Å². The van der Waals surface area contributed by atoms with Crippen LogP contribution in [0.3, 0.4) is 0 Å². The summed E-state index contributed by atoms with van der Waals surface area (Å²) in [6, 6.07) is 16.6. The van der Waals surface area contributed by atoms with Crippen LogP contribution >= 0.6 is 0 Å². The van der Waals surface area contributed by atoms with Gasteiger partial charge >= 0.3 is 0 Å². The minimum absolute atomic E-state index is 0. The Morgan fingerprint density at radius 3 is 2.48 bits per heavy atom. The first kappa shape index (κ1) is 17.3. The summed E-state index contributed by atoms with van der Waals surface area (Å²) in [5, 5.41) is 0. The SMILES string of the molecule is Cc1cc(-c2ccccc2)cc(-c2n[c-]c(-c3nccn3C)o2)c1.[Ir]. The van der Waals surface area contributed by atoms with Crippen LogP contribution in [0.1, 0.15) is 5.56 Å². The summed E-state index contributed by atoms with van der Waals surface area (Å²) < 4.78 is 7.77. The van der Waals surface area contributed by atoms with E-state index in [1.807, 2.05) is 36.0 Å². The van der Waals surface area contributed by atoms with E-state index in [0.717, 1.165) is 16.7 Å². The number of oxazole rings is 1. The Balaban J connectivity index is 0.00000182. The zero-order valence-electron chi connectivity index (χ0n) is 13.9. The minimum Gasteiger partial charge on any atom is -0.516 e. The predicted octanol–water partition coefficient (Wildman–Crippen LogP) is 4.52. The molecule has 25 heavy (non-hydrogen) atoms. The number of hydrogen-bond acceptors (Lipinski definition) is 3. The zero-order chi connectivity index (χ0) is 16.5. The molecule has 0 atom stereocenters. The normalized spacial score (nSPS) is 10.5. The van der Waals surface area contributed by atoms with Gasteiger partial charge in [-0.15, -0.1) is 0 Å². The van der Waals surface area contributed by atoms with Gasteiger partial charge in [0.05, 0.1) is 11.6 Å². The van der Waals surface area contributed by atoms with Crippen LogP contribution in [0.5, 0.6) is 0 Å². The summed E-state index contributed by atoms with van der Waals surface area (Å²) in [7, 11) is 1.92. The maximum atomic E-state index is 5.89. The van der Waals surface area contributed by atoms with Gasteiger partial charge < -0.3 is 14.0 Å². The average molecular weight is 507 g/mol. The second-order valence-corrected chi connectivity index (χ2v) is 5.78. The van der Waals surface area contributed by atoms with E-state index in [0.29, 0.717) is 17.5 Å². The Bertz CT molecular complexity index is 989. The van der Waals surface area contributed by atoms with Crippen LogP contribution in [0.4, 0.5) is 0 Å². The van der Waals surface area contributed by atoms with E-state index in [4.69, 9.17) is 4.42 Å². The molecule has 0 aliphatic carbocycles. The third-order valence-electron chi connectivity index (χ3n) is 3.91. The topological polar surface area (TPSA) is 43.9 Å². The molecule has 4 nitrogen and oxygen atoms in total. The van der Waals surface area contributed by atoms with E-state index in [-0.39, 0.29) is 20.1 Å². The van der Waals surface area contributed by atoms with E-state index >= 15 is 0 Å². The zero-order valence-corrected chi connectivity index (χ0v) is 16.3. The summed E-state index contributed by atoms with van der Waals surface area (Å²) in [5.41, 5.74) is 4.40. The molecule has 0 saturated carbocycles. The molecule has 2 aromatic carbocycles. The summed E-state index contributed by atoms with van der Waals surface area (Å²) in [4.78, 5) is 8.59. The van der Waals surface area contributed by atoms with Gasteiger partial charge in [0.15, 0.2) is 0 Å². The van der Waals surface area contributed by atoms with Gasteiger partial charge in [-0.05, 0) is 29.8 Å². The van der Waals surface area contributed by atoms with Crippen molar-refractivity contribution in [3.63, 3.8) is 0 Å². The Labute approximate surface area is 159 Å². The van der Waals surface area contributed by atoms with Crippen LogP contribution in [0.25, 0.3) is 34.2 Å². The average Bonchev–Trinajstić information content (AvgIpc) is 3.24. The van der Waals surface area contributed by atoms with Crippen LogP contribution in [-0.2, 0) is 27.2 Å². The number of aryl methyl sites for hydroxylation is 2. The summed E-state index contributed by atoms with van der Waals surface area (Å²) in [6.45, 7) is 2.07. The molecule has 1 radical (unpaired) electrons. The molecule has 2 heterocycles. The number of nitrogens with zero attached hydrogens (tertiary/aromatic N) is 3. The molecular weight excluding hydrogens is 490 g/mol. The standard InChI is InChI=1S/C20H16N3O.Ir/c1-14-10-16(15-6-4-3-5-7-15)12-17(11-14)20-22-13-18(24-20)19-21-8-9-23(19)2;/h3-12H,1-2H3;/q-1;. The summed E-state index contributed by atoms with van der Waals surface area (Å²) in [5.74, 6) is 1.80. The quantitative estimate of drug-likeness (QED) is 0.384. The van der Waals surface area contributed by atoms with Gasteiger partial charge in [0.2, 0.25) is 0 Å². The maximum Gasteiger partial charge on any atom is 0.120 e. The first-order chi connectivity index (χ1) is 11.7. The van der Waals surface area contributed by atoms with Gasteiger partial charge in [-0.3, -0.25) is 4.98 Å².